The molecule has 2 aromatic rings. The van der Waals surface area contributed by atoms with E-state index in [4.69, 9.17) is 21.7 Å². The van der Waals surface area contributed by atoms with E-state index >= 15 is 0 Å². The molecule has 1 fully saturated rings. The van der Waals surface area contributed by atoms with Gasteiger partial charge in [-0.25, -0.2) is 10.1 Å². The number of hydrogen-bond acceptors (Lipinski definition) is 8. The van der Waals surface area contributed by atoms with Crippen LogP contribution in [0.5, 0.6) is 0 Å². The van der Waals surface area contributed by atoms with E-state index in [1.165, 1.54) is 6.20 Å². The number of hydrogen-bond donors (Lipinski definition) is 3. The highest BCUT2D eigenvalue weighted by atomic mass is 35.5. The molecule has 0 spiro atoms. The zero-order chi connectivity index (χ0) is 23.1. The zero-order valence-electron chi connectivity index (χ0n) is 18.2. The number of carbonyl (C=O) groups excluding carboxylic acids is 1. The van der Waals surface area contributed by atoms with Gasteiger partial charge < -0.3 is 25.3 Å². The van der Waals surface area contributed by atoms with E-state index in [9.17, 15) is 9.59 Å². The number of carbonyl (C=O) groups is 1. The third-order valence-electron chi connectivity index (χ3n) is 5.13. The first-order valence-corrected chi connectivity index (χ1v) is 10.8. The zero-order valence-corrected chi connectivity index (χ0v) is 19.0. The Kier molecular flexibility index (Phi) is 8.18. The summed E-state index contributed by atoms with van der Waals surface area (Å²) in [6, 6.07) is 3.58. The van der Waals surface area contributed by atoms with Gasteiger partial charge in [0.05, 0.1) is 42.1 Å². The Morgan fingerprint density at radius 1 is 1.31 bits per heavy atom. The first kappa shape index (κ1) is 23.7. The molecule has 0 saturated carbocycles. The first-order chi connectivity index (χ1) is 15.3. The number of aromatic nitrogens is 3. The van der Waals surface area contributed by atoms with Crippen LogP contribution in [0.4, 0.5) is 11.5 Å². The molecule has 1 aliphatic rings. The predicted molar refractivity (Wildman–Crippen MR) is 124 cm³/mol. The number of ether oxygens (including phenoxy) is 1. The molecule has 10 nitrogen and oxygen atoms in total. The van der Waals surface area contributed by atoms with E-state index in [0.29, 0.717) is 43.4 Å². The van der Waals surface area contributed by atoms with Crippen LogP contribution in [-0.2, 0) is 9.53 Å². The molecule has 1 saturated heterocycles. The smallest absolute Gasteiger partial charge is 0.275 e. The van der Waals surface area contributed by atoms with Crippen LogP contribution in [0.15, 0.2) is 29.3 Å². The molecule has 11 heteroatoms. The second kappa shape index (κ2) is 11.1. The van der Waals surface area contributed by atoms with Gasteiger partial charge in [0, 0.05) is 44.1 Å². The fourth-order valence-corrected chi connectivity index (χ4v) is 3.62. The minimum absolute atomic E-state index is 0.0647. The Hall–Kier alpha value is -2.98. The lowest BCUT2D eigenvalue weighted by atomic mass is 10.1. The third kappa shape index (κ3) is 6.27. The van der Waals surface area contributed by atoms with Crippen molar-refractivity contribution in [1.29, 1.82) is 5.41 Å². The number of pyridine rings is 1. The maximum absolute atomic E-state index is 12.5. The van der Waals surface area contributed by atoms with E-state index in [1.54, 1.807) is 13.1 Å². The summed E-state index contributed by atoms with van der Waals surface area (Å²) in [6.07, 6.45) is 3.42. The monoisotopic (exact) mass is 461 g/mol. The molecule has 32 heavy (non-hydrogen) atoms. The van der Waals surface area contributed by atoms with Crippen molar-refractivity contribution in [2.24, 2.45) is 0 Å². The number of nitrogens with zero attached hydrogens (tertiary/aromatic N) is 4. The largest absolute Gasteiger partial charge is 0.379 e. The number of anilines is 2. The molecule has 1 aliphatic heterocycles. The van der Waals surface area contributed by atoms with Crippen molar-refractivity contribution in [2.75, 3.05) is 49.6 Å². The van der Waals surface area contributed by atoms with Gasteiger partial charge in [-0.3, -0.25) is 9.59 Å². The van der Waals surface area contributed by atoms with Crippen LogP contribution in [0.2, 0.25) is 5.02 Å². The molecule has 0 aromatic carbocycles. The van der Waals surface area contributed by atoms with Crippen LogP contribution >= 0.6 is 11.6 Å². The highest BCUT2D eigenvalue weighted by Crippen LogP contribution is 2.16. The quantitative estimate of drug-likeness (QED) is 0.383. The molecule has 3 rings (SSSR count). The number of rotatable bonds is 9. The lowest BCUT2D eigenvalue weighted by Gasteiger charge is -2.35. The lowest BCUT2D eigenvalue weighted by Crippen LogP contribution is -2.49. The highest BCUT2D eigenvalue weighted by molar-refractivity contribution is 6.30. The summed E-state index contributed by atoms with van der Waals surface area (Å²) >= 11 is 5.89. The Morgan fingerprint density at radius 2 is 2.06 bits per heavy atom. The molecule has 0 bridgehead atoms. The van der Waals surface area contributed by atoms with Gasteiger partial charge in [-0.05, 0) is 26.0 Å². The van der Waals surface area contributed by atoms with Crippen LogP contribution in [0.25, 0.3) is 0 Å². The maximum atomic E-state index is 12.5. The minimum Gasteiger partial charge on any atom is -0.379 e. The summed E-state index contributed by atoms with van der Waals surface area (Å²) in [5.74, 6) is 0.929. The standard InChI is InChI=1S/C21H28ClN7O3/c1-14(26-17-12-25-27-21(31)20(17)15(2)23)13-32-10-5-19(30)29-8-6-28(7-9-29)18-4-3-16(22)11-24-18/h3-4,11-12,14,23H,5-10,13H2,1-2H3,(H2,26,27,31). The second-order valence-electron chi connectivity index (χ2n) is 7.69. The number of halogens is 1. The van der Waals surface area contributed by atoms with Gasteiger partial charge in [0.25, 0.3) is 5.56 Å². The first-order valence-electron chi connectivity index (χ1n) is 10.5. The molecule has 3 N–H and O–H groups in total. The van der Waals surface area contributed by atoms with Crippen LogP contribution in [-0.4, -0.2) is 77.1 Å². The molecule has 1 atom stereocenters. The lowest BCUT2D eigenvalue weighted by molar-refractivity contribution is -0.132. The normalized spacial score (nSPS) is 14.8. The number of piperazine rings is 1. The van der Waals surface area contributed by atoms with Crippen molar-refractivity contribution < 1.29 is 9.53 Å². The summed E-state index contributed by atoms with van der Waals surface area (Å²) < 4.78 is 5.66. The van der Waals surface area contributed by atoms with Crippen molar-refractivity contribution in [3.63, 3.8) is 0 Å². The van der Waals surface area contributed by atoms with Gasteiger partial charge >= 0.3 is 0 Å². The van der Waals surface area contributed by atoms with Crippen molar-refractivity contribution in [2.45, 2.75) is 26.3 Å². The molecule has 1 unspecified atom stereocenters. The van der Waals surface area contributed by atoms with Crippen LogP contribution in [0.1, 0.15) is 25.8 Å². The number of amides is 1. The summed E-state index contributed by atoms with van der Waals surface area (Å²) in [6.45, 7) is 6.85. The van der Waals surface area contributed by atoms with Crippen molar-refractivity contribution in [3.05, 3.63) is 45.5 Å². The van der Waals surface area contributed by atoms with Gasteiger partial charge in [-0.2, -0.15) is 5.10 Å². The number of nitrogens with one attached hydrogen (secondary N) is 3. The van der Waals surface area contributed by atoms with Gasteiger partial charge in [0.15, 0.2) is 0 Å². The fourth-order valence-electron chi connectivity index (χ4n) is 3.50. The van der Waals surface area contributed by atoms with Crippen molar-refractivity contribution >= 4 is 34.7 Å². The molecular weight excluding hydrogens is 434 g/mol. The maximum Gasteiger partial charge on any atom is 0.275 e. The van der Waals surface area contributed by atoms with Crippen LogP contribution in [0.3, 0.4) is 0 Å². The fraction of sp³-hybridized carbons (Fsp3) is 0.476. The highest BCUT2D eigenvalue weighted by Gasteiger charge is 2.21. The van der Waals surface area contributed by atoms with E-state index < -0.39 is 5.56 Å². The minimum atomic E-state index is -0.409. The van der Waals surface area contributed by atoms with Gasteiger partial charge in [-0.1, -0.05) is 11.6 Å². The Bertz CT molecular complexity index is 988. The molecule has 2 aromatic heterocycles. The van der Waals surface area contributed by atoms with E-state index in [2.05, 4.69) is 25.4 Å². The van der Waals surface area contributed by atoms with E-state index in [1.807, 2.05) is 24.0 Å². The van der Waals surface area contributed by atoms with Crippen molar-refractivity contribution in [3.8, 4) is 0 Å². The summed E-state index contributed by atoms with van der Waals surface area (Å²) in [5, 5.41) is 17.6. The molecule has 1 amide bonds. The summed E-state index contributed by atoms with van der Waals surface area (Å²) in [5.41, 5.74) is 0.492. The number of H-pyrrole nitrogens is 1. The van der Waals surface area contributed by atoms with Gasteiger partial charge in [0.1, 0.15) is 5.82 Å². The van der Waals surface area contributed by atoms with Crippen molar-refractivity contribution in [1.82, 2.24) is 20.1 Å². The van der Waals surface area contributed by atoms with Crippen LogP contribution in [0, 0.1) is 5.41 Å². The van der Waals surface area contributed by atoms with Gasteiger partial charge in [0.2, 0.25) is 5.91 Å². The second-order valence-corrected chi connectivity index (χ2v) is 8.12. The van der Waals surface area contributed by atoms with E-state index in [-0.39, 0.29) is 23.2 Å². The Labute approximate surface area is 191 Å². The third-order valence-corrected chi connectivity index (χ3v) is 5.35. The van der Waals surface area contributed by atoms with Gasteiger partial charge in [-0.15, -0.1) is 0 Å². The average molecular weight is 462 g/mol. The molecular formula is C21H28ClN7O3. The number of aromatic amines is 1. The predicted octanol–water partition coefficient (Wildman–Crippen LogP) is 1.76. The Morgan fingerprint density at radius 3 is 2.72 bits per heavy atom. The molecule has 172 valence electrons. The average Bonchev–Trinajstić information content (AvgIpc) is 2.77. The molecule has 0 radical (unpaired) electrons. The molecule has 0 aliphatic carbocycles. The summed E-state index contributed by atoms with van der Waals surface area (Å²) in [7, 11) is 0. The Balaban J connectivity index is 1.37. The topological polar surface area (TPSA) is 127 Å². The summed E-state index contributed by atoms with van der Waals surface area (Å²) in [4.78, 5) is 32.7. The van der Waals surface area contributed by atoms with Crippen LogP contribution < -0.4 is 15.8 Å². The molecule has 3 heterocycles. The SMILES string of the molecule is CC(=N)c1c(NC(C)COCCC(=O)N2CCN(c3ccc(Cl)cn3)CC2)cn[nH]c1=O. The van der Waals surface area contributed by atoms with E-state index in [0.717, 1.165) is 18.9 Å².